The van der Waals surface area contributed by atoms with Crippen molar-refractivity contribution in [1.82, 2.24) is 0 Å². The van der Waals surface area contributed by atoms with Gasteiger partial charge in [0.25, 0.3) is 0 Å². The summed E-state index contributed by atoms with van der Waals surface area (Å²) >= 11 is 5.94. The quantitative estimate of drug-likeness (QED) is 0.851. The van der Waals surface area contributed by atoms with E-state index in [-0.39, 0.29) is 6.03 Å². The number of nitrogens with one attached hydrogen (secondary N) is 1. The molecule has 0 radical (unpaired) electrons. The lowest BCUT2D eigenvalue weighted by molar-refractivity contribution is 0.258. The summed E-state index contributed by atoms with van der Waals surface area (Å²) in [6.07, 6.45) is 0. The van der Waals surface area contributed by atoms with Gasteiger partial charge in [0.05, 0.1) is 24.2 Å². The zero-order chi connectivity index (χ0) is 15.4. The number of para-hydroxylation sites is 2. The van der Waals surface area contributed by atoms with Crippen molar-refractivity contribution in [3.8, 4) is 5.75 Å². The van der Waals surface area contributed by atoms with E-state index in [9.17, 15) is 4.79 Å². The minimum Gasteiger partial charge on any atom is -0.495 e. The van der Waals surface area contributed by atoms with Crippen LogP contribution in [0, 0.1) is 0 Å². The average molecular weight is 306 g/mol. The molecule has 0 fully saturated rings. The number of nitrogens with zero attached hydrogens (tertiary/aromatic N) is 1. The molecule has 2 aromatic carbocycles. The minimum atomic E-state index is -0.339. The van der Waals surface area contributed by atoms with Crippen LogP contribution in [-0.2, 0) is 0 Å². The second-order valence-electron chi connectivity index (χ2n) is 4.39. The predicted molar refractivity (Wildman–Crippen MR) is 86.3 cm³/mol. The number of rotatable bonds is 3. The highest BCUT2D eigenvalue weighted by Crippen LogP contribution is 2.28. The van der Waals surface area contributed by atoms with Gasteiger partial charge >= 0.3 is 6.03 Å². The summed E-state index contributed by atoms with van der Waals surface area (Å²) in [5, 5.41) is 3.28. The van der Waals surface area contributed by atoms with Gasteiger partial charge in [0.15, 0.2) is 0 Å². The Kier molecular flexibility index (Phi) is 4.55. The third kappa shape index (κ3) is 3.38. The molecule has 0 aromatic heterocycles. The third-order valence-corrected chi connectivity index (χ3v) is 3.24. The number of anilines is 3. The van der Waals surface area contributed by atoms with Crippen molar-refractivity contribution in [2.45, 2.75) is 0 Å². The number of hydrogen-bond acceptors (Lipinski definition) is 3. The van der Waals surface area contributed by atoms with Crippen LogP contribution in [0.15, 0.2) is 42.5 Å². The summed E-state index contributed by atoms with van der Waals surface area (Å²) in [5.41, 5.74) is 7.46. The number of carbonyl (C=O) groups is 1. The molecule has 0 bridgehead atoms. The Morgan fingerprint density at radius 1 is 1.29 bits per heavy atom. The highest BCUT2D eigenvalue weighted by molar-refractivity contribution is 6.31. The van der Waals surface area contributed by atoms with E-state index in [2.05, 4.69) is 5.32 Å². The van der Waals surface area contributed by atoms with Crippen molar-refractivity contribution in [2.24, 2.45) is 0 Å². The number of carbonyl (C=O) groups excluding carboxylic acids is 1. The fraction of sp³-hybridized carbons (Fsp3) is 0.133. The van der Waals surface area contributed by atoms with Crippen LogP contribution in [-0.4, -0.2) is 20.2 Å². The maximum absolute atomic E-state index is 12.3. The molecule has 0 unspecified atom stereocenters. The fourth-order valence-electron chi connectivity index (χ4n) is 1.86. The summed E-state index contributed by atoms with van der Waals surface area (Å²) in [7, 11) is 3.16. The molecule has 0 aliphatic rings. The van der Waals surface area contributed by atoms with Crippen LogP contribution in [0.4, 0.5) is 21.9 Å². The molecule has 0 saturated carbocycles. The van der Waals surface area contributed by atoms with Crippen molar-refractivity contribution in [3.05, 3.63) is 47.5 Å². The summed E-state index contributed by atoms with van der Waals surface area (Å²) in [4.78, 5) is 13.7. The Bertz CT molecular complexity index is 661. The van der Waals surface area contributed by atoms with Gasteiger partial charge in [0.2, 0.25) is 0 Å². The smallest absolute Gasteiger partial charge is 0.326 e. The summed E-state index contributed by atoms with van der Waals surface area (Å²) < 4.78 is 5.20. The summed E-state index contributed by atoms with van der Waals surface area (Å²) in [6, 6.07) is 11.8. The Labute approximate surface area is 128 Å². The maximum atomic E-state index is 12.3. The van der Waals surface area contributed by atoms with Gasteiger partial charge in [-0.15, -0.1) is 0 Å². The van der Waals surface area contributed by atoms with Gasteiger partial charge in [-0.3, -0.25) is 4.90 Å². The van der Waals surface area contributed by atoms with Crippen LogP contribution in [0.3, 0.4) is 0 Å². The van der Waals surface area contributed by atoms with E-state index in [0.717, 1.165) is 0 Å². The zero-order valence-corrected chi connectivity index (χ0v) is 12.5. The number of urea groups is 1. The van der Waals surface area contributed by atoms with Crippen molar-refractivity contribution in [2.75, 3.05) is 30.1 Å². The highest BCUT2D eigenvalue weighted by Gasteiger charge is 2.15. The number of ether oxygens (including phenoxy) is 1. The number of methoxy groups -OCH3 is 1. The largest absolute Gasteiger partial charge is 0.495 e. The molecule has 0 saturated heterocycles. The van der Waals surface area contributed by atoms with E-state index >= 15 is 0 Å². The molecule has 110 valence electrons. The standard InChI is InChI=1S/C15H16ClN3O2/c1-19(13-9-10(16)7-8-11(13)17)15(20)18-12-5-3-4-6-14(12)21-2/h3-9H,17H2,1-2H3,(H,18,20). The summed E-state index contributed by atoms with van der Waals surface area (Å²) in [6.45, 7) is 0. The number of nitrogen functional groups attached to an aromatic ring is 1. The molecule has 0 heterocycles. The Balaban J connectivity index is 2.22. The molecule has 5 nitrogen and oxygen atoms in total. The van der Waals surface area contributed by atoms with Gasteiger partial charge in [-0.05, 0) is 30.3 Å². The molecule has 6 heteroatoms. The van der Waals surface area contributed by atoms with Crippen LogP contribution in [0.1, 0.15) is 0 Å². The van der Waals surface area contributed by atoms with E-state index in [1.807, 2.05) is 12.1 Å². The minimum absolute atomic E-state index is 0.339. The van der Waals surface area contributed by atoms with Crippen LogP contribution >= 0.6 is 11.6 Å². The molecular formula is C15H16ClN3O2. The van der Waals surface area contributed by atoms with E-state index in [4.69, 9.17) is 22.1 Å². The SMILES string of the molecule is COc1ccccc1NC(=O)N(C)c1cc(Cl)ccc1N. The molecule has 2 amide bonds. The third-order valence-electron chi connectivity index (χ3n) is 3.01. The number of benzene rings is 2. The number of halogens is 1. The number of hydrogen-bond donors (Lipinski definition) is 2. The molecule has 0 aliphatic heterocycles. The molecular weight excluding hydrogens is 290 g/mol. The van der Waals surface area contributed by atoms with E-state index in [0.29, 0.717) is 27.8 Å². The lowest BCUT2D eigenvalue weighted by Gasteiger charge is -2.20. The van der Waals surface area contributed by atoms with Gasteiger partial charge in [0, 0.05) is 12.1 Å². The van der Waals surface area contributed by atoms with Crippen LogP contribution in [0.25, 0.3) is 0 Å². The zero-order valence-electron chi connectivity index (χ0n) is 11.8. The molecule has 21 heavy (non-hydrogen) atoms. The molecule has 0 spiro atoms. The van der Waals surface area contributed by atoms with Crippen LogP contribution in [0.2, 0.25) is 5.02 Å². The van der Waals surface area contributed by atoms with Gasteiger partial charge in [-0.2, -0.15) is 0 Å². The number of nitrogens with two attached hydrogens (primary N) is 1. The van der Waals surface area contributed by atoms with Crippen LogP contribution in [0.5, 0.6) is 5.75 Å². The first-order chi connectivity index (χ1) is 10.0. The van der Waals surface area contributed by atoms with Crippen molar-refractivity contribution < 1.29 is 9.53 Å². The van der Waals surface area contributed by atoms with Crippen molar-refractivity contribution in [1.29, 1.82) is 0 Å². The Morgan fingerprint density at radius 3 is 2.71 bits per heavy atom. The van der Waals surface area contributed by atoms with Gasteiger partial charge < -0.3 is 15.8 Å². The maximum Gasteiger partial charge on any atom is 0.326 e. The number of amides is 2. The highest BCUT2D eigenvalue weighted by atomic mass is 35.5. The predicted octanol–water partition coefficient (Wildman–Crippen LogP) is 3.60. The van der Waals surface area contributed by atoms with Crippen LogP contribution < -0.4 is 20.7 Å². The van der Waals surface area contributed by atoms with E-state index in [1.165, 1.54) is 4.90 Å². The van der Waals surface area contributed by atoms with Gasteiger partial charge in [0.1, 0.15) is 5.75 Å². The summed E-state index contributed by atoms with van der Waals surface area (Å²) in [5.74, 6) is 0.582. The molecule has 0 atom stereocenters. The molecule has 2 aromatic rings. The first-order valence-electron chi connectivity index (χ1n) is 6.25. The van der Waals surface area contributed by atoms with E-state index < -0.39 is 0 Å². The van der Waals surface area contributed by atoms with Crippen molar-refractivity contribution in [3.63, 3.8) is 0 Å². The lowest BCUT2D eigenvalue weighted by atomic mass is 10.2. The Morgan fingerprint density at radius 2 is 2.00 bits per heavy atom. The monoisotopic (exact) mass is 305 g/mol. The molecule has 2 rings (SSSR count). The lowest BCUT2D eigenvalue weighted by Crippen LogP contribution is -2.31. The van der Waals surface area contributed by atoms with E-state index in [1.54, 1.807) is 44.5 Å². The molecule has 3 N–H and O–H groups in total. The van der Waals surface area contributed by atoms with Gasteiger partial charge in [-0.1, -0.05) is 23.7 Å². The van der Waals surface area contributed by atoms with Crippen molar-refractivity contribution >= 4 is 34.7 Å². The first kappa shape index (κ1) is 15.0. The van der Waals surface area contributed by atoms with Gasteiger partial charge in [-0.25, -0.2) is 4.79 Å². The fourth-order valence-corrected chi connectivity index (χ4v) is 2.03. The normalized spacial score (nSPS) is 10.0. The average Bonchev–Trinajstić information content (AvgIpc) is 2.49. The topological polar surface area (TPSA) is 67.6 Å². The second kappa shape index (κ2) is 6.37. The first-order valence-corrected chi connectivity index (χ1v) is 6.63. The molecule has 0 aliphatic carbocycles. The Hall–Kier alpha value is -2.40. The second-order valence-corrected chi connectivity index (χ2v) is 4.83.